The number of nitrogens with two attached hydrogens (primary N) is 1. The molecule has 0 radical (unpaired) electrons. The Bertz CT molecular complexity index is 239. The molecule has 1 saturated carbocycles. The van der Waals surface area contributed by atoms with Crippen molar-refractivity contribution in [3.05, 3.63) is 12.2 Å². The molecule has 0 aliphatic heterocycles. The minimum atomic E-state index is 0.419. The lowest BCUT2D eigenvalue weighted by Crippen LogP contribution is -2.48. The van der Waals surface area contributed by atoms with Crippen LogP contribution >= 0.6 is 0 Å². The summed E-state index contributed by atoms with van der Waals surface area (Å²) in [4.78, 5) is 4.04. The molecule has 0 saturated heterocycles. The number of rotatable bonds is 4. The summed E-state index contributed by atoms with van der Waals surface area (Å²) in [7, 11) is 0. The third-order valence-electron chi connectivity index (χ3n) is 2.43. The van der Waals surface area contributed by atoms with Gasteiger partial charge in [0.2, 0.25) is 0 Å². The molecule has 1 aromatic rings. The maximum atomic E-state index is 5.67. The number of hydrogen-bond acceptors (Lipinski definition) is 4. The van der Waals surface area contributed by atoms with Crippen LogP contribution in [-0.2, 0) is 6.42 Å². The summed E-state index contributed by atoms with van der Waals surface area (Å²) in [6.07, 6.45) is 4.66. The van der Waals surface area contributed by atoms with Crippen LogP contribution < -0.4 is 11.1 Å². The highest BCUT2D eigenvalue weighted by molar-refractivity contribution is 4.89. The lowest BCUT2D eigenvalue weighted by atomic mass is 9.88. The fourth-order valence-electron chi connectivity index (χ4n) is 1.57. The van der Waals surface area contributed by atoms with Crippen molar-refractivity contribution in [1.29, 1.82) is 0 Å². The Balaban J connectivity index is 1.59. The van der Waals surface area contributed by atoms with Crippen LogP contribution in [0, 0.1) is 0 Å². The van der Waals surface area contributed by atoms with E-state index in [4.69, 9.17) is 5.73 Å². The lowest BCUT2D eigenvalue weighted by molar-refractivity contribution is 0.293. The summed E-state index contributed by atoms with van der Waals surface area (Å²) in [5.41, 5.74) is 5.67. The molecule has 13 heavy (non-hydrogen) atoms. The first-order valence-corrected chi connectivity index (χ1v) is 4.68. The van der Waals surface area contributed by atoms with Crippen LogP contribution in [0.25, 0.3) is 0 Å². The third-order valence-corrected chi connectivity index (χ3v) is 2.43. The Morgan fingerprint density at radius 3 is 3.08 bits per heavy atom. The Kier molecular flexibility index (Phi) is 2.56. The molecule has 2 rings (SSSR count). The van der Waals surface area contributed by atoms with Gasteiger partial charge in [-0.1, -0.05) is 0 Å². The van der Waals surface area contributed by atoms with Gasteiger partial charge < -0.3 is 11.1 Å². The topological polar surface area (TPSA) is 79.6 Å². The molecule has 4 N–H and O–H groups in total. The lowest BCUT2D eigenvalue weighted by Gasteiger charge is -2.33. The number of hydrogen-bond donors (Lipinski definition) is 3. The van der Waals surface area contributed by atoms with Gasteiger partial charge in [-0.3, -0.25) is 5.10 Å². The van der Waals surface area contributed by atoms with E-state index >= 15 is 0 Å². The fraction of sp³-hybridized carbons (Fsp3) is 0.750. The molecule has 1 aromatic heterocycles. The first-order chi connectivity index (χ1) is 6.34. The Labute approximate surface area is 77.1 Å². The fourth-order valence-corrected chi connectivity index (χ4v) is 1.57. The van der Waals surface area contributed by atoms with Crippen molar-refractivity contribution in [2.75, 3.05) is 6.54 Å². The Morgan fingerprint density at radius 2 is 2.46 bits per heavy atom. The number of nitrogens with one attached hydrogen (secondary N) is 2. The van der Waals surface area contributed by atoms with Gasteiger partial charge in [-0.2, -0.15) is 5.10 Å². The minimum Gasteiger partial charge on any atom is -0.328 e. The first-order valence-electron chi connectivity index (χ1n) is 4.68. The van der Waals surface area contributed by atoms with Gasteiger partial charge in [-0.05, 0) is 12.8 Å². The van der Waals surface area contributed by atoms with E-state index in [-0.39, 0.29) is 0 Å². The molecule has 0 unspecified atom stereocenters. The third kappa shape index (κ3) is 2.26. The molecule has 1 aliphatic carbocycles. The van der Waals surface area contributed by atoms with Crippen molar-refractivity contribution >= 4 is 0 Å². The summed E-state index contributed by atoms with van der Waals surface area (Å²) >= 11 is 0. The second kappa shape index (κ2) is 3.85. The Morgan fingerprint density at radius 1 is 1.62 bits per heavy atom. The summed E-state index contributed by atoms with van der Waals surface area (Å²) in [6, 6.07) is 1.04. The second-order valence-corrected chi connectivity index (χ2v) is 3.56. The van der Waals surface area contributed by atoms with E-state index in [9.17, 15) is 0 Å². The van der Waals surface area contributed by atoms with Crippen LogP contribution in [0.15, 0.2) is 6.33 Å². The first kappa shape index (κ1) is 8.65. The van der Waals surface area contributed by atoms with E-state index in [1.807, 2.05) is 0 Å². The second-order valence-electron chi connectivity index (χ2n) is 3.56. The molecule has 0 atom stereocenters. The SMILES string of the molecule is NC1CC(NCCc2ncn[nH]2)C1. The number of nitrogens with zero attached hydrogens (tertiary/aromatic N) is 2. The van der Waals surface area contributed by atoms with Crippen molar-refractivity contribution in [2.45, 2.75) is 31.3 Å². The van der Waals surface area contributed by atoms with Gasteiger partial charge in [-0.15, -0.1) is 0 Å². The summed E-state index contributed by atoms with van der Waals surface area (Å²) < 4.78 is 0. The van der Waals surface area contributed by atoms with Crippen molar-refractivity contribution in [3.63, 3.8) is 0 Å². The van der Waals surface area contributed by atoms with Gasteiger partial charge in [0.15, 0.2) is 0 Å². The van der Waals surface area contributed by atoms with Crippen LogP contribution in [0.2, 0.25) is 0 Å². The van der Waals surface area contributed by atoms with Crippen molar-refractivity contribution in [1.82, 2.24) is 20.5 Å². The number of aromatic amines is 1. The van der Waals surface area contributed by atoms with Crippen LogP contribution in [-0.4, -0.2) is 33.8 Å². The van der Waals surface area contributed by atoms with E-state index in [1.54, 1.807) is 0 Å². The maximum absolute atomic E-state index is 5.67. The number of aromatic nitrogens is 3. The molecule has 1 fully saturated rings. The van der Waals surface area contributed by atoms with E-state index in [0.717, 1.165) is 31.6 Å². The molecule has 0 bridgehead atoms. The minimum absolute atomic E-state index is 0.419. The molecule has 1 aliphatic rings. The van der Waals surface area contributed by atoms with E-state index in [1.165, 1.54) is 6.33 Å². The predicted octanol–water partition coefficient (Wildman–Crippen LogP) is -0.574. The molecule has 5 nitrogen and oxygen atoms in total. The van der Waals surface area contributed by atoms with Gasteiger partial charge in [0.25, 0.3) is 0 Å². The highest BCUT2D eigenvalue weighted by atomic mass is 15.2. The normalized spacial score (nSPS) is 27.2. The van der Waals surface area contributed by atoms with Crippen molar-refractivity contribution < 1.29 is 0 Å². The zero-order chi connectivity index (χ0) is 9.10. The van der Waals surface area contributed by atoms with E-state index in [2.05, 4.69) is 20.5 Å². The molecule has 1 heterocycles. The molecule has 0 amide bonds. The van der Waals surface area contributed by atoms with E-state index < -0.39 is 0 Å². The average molecular weight is 181 g/mol. The van der Waals surface area contributed by atoms with Crippen molar-refractivity contribution in [2.24, 2.45) is 5.73 Å². The Hall–Kier alpha value is -0.940. The number of H-pyrrole nitrogens is 1. The van der Waals surface area contributed by atoms with Crippen LogP contribution in [0.4, 0.5) is 0 Å². The van der Waals surface area contributed by atoms with Crippen LogP contribution in [0.1, 0.15) is 18.7 Å². The molecular formula is C8H15N5. The summed E-state index contributed by atoms with van der Waals surface area (Å²) in [6.45, 7) is 0.951. The largest absolute Gasteiger partial charge is 0.328 e. The van der Waals surface area contributed by atoms with Crippen molar-refractivity contribution in [3.8, 4) is 0 Å². The van der Waals surface area contributed by atoms with Gasteiger partial charge in [-0.25, -0.2) is 4.98 Å². The standard InChI is InChI=1S/C8H15N5/c9-6-3-7(4-6)10-2-1-8-11-5-12-13-8/h5-7,10H,1-4,9H2,(H,11,12,13). The highest BCUT2D eigenvalue weighted by Crippen LogP contribution is 2.16. The molecule has 0 spiro atoms. The summed E-state index contributed by atoms with van der Waals surface area (Å²) in [5, 5.41) is 10.0. The van der Waals surface area contributed by atoms with Gasteiger partial charge in [0.1, 0.15) is 12.2 Å². The molecule has 72 valence electrons. The zero-order valence-electron chi connectivity index (χ0n) is 7.53. The quantitative estimate of drug-likeness (QED) is 0.581. The summed E-state index contributed by atoms with van der Waals surface area (Å²) in [5.74, 6) is 0.941. The predicted molar refractivity (Wildman–Crippen MR) is 49.1 cm³/mol. The monoisotopic (exact) mass is 181 g/mol. The molecule has 5 heteroatoms. The van der Waals surface area contributed by atoms with Gasteiger partial charge in [0.05, 0.1) is 0 Å². The van der Waals surface area contributed by atoms with Gasteiger partial charge >= 0.3 is 0 Å². The van der Waals surface area contributed by atoms with Crippen LogP contribution in [0.5, 0.6) is 0 Å². The zero-order valence-corrected chi connectivity index (χ0v) is 7.53. The smallest absolute Gasteiger partial charge is 0.137 e. The van der Waals surface area contributed by atoms with Gasteiger partial charge in [0, 0.05) is 25.0 Å². The highest BCUT2D eigenvalue weighted by Gasteiger charge is 2.24. The molecular weight excluding hydrogens is 166 g/mol. The maximum Gasteiger partial charge on any atom is 0.137 e. The average Bonchev–Trinajstić information content (AvgIpc) is 2.53. The van der Waals surface area contributed by atoms with E-state index in [0.29, 0.717) is 12.1 Å². The molecule has 0 aromatic carbocycles. The van der Waals surface area contributed by atoms with Crippen LogP contribution in [0.3, 0.4) is 0 Å².